The summed E-state index contributed by atoms with van der Waals surface area (Å²) < 4.78 is 10.3. The van der Waals surface area contributed by atoms with Crippen molar-refractivity contribution in [3.05, 3.63) is 59.2 Å². The number of nitrogens with one attached hydrogen (secondary N) is 1. The Morgan fingerprint density at radius 1 is 1.17 bits per heavy atom. The summed E-state index contributed by atoms with van der Waals surface area (Å²) in [6, 6.07) is 13.8. The Bertz CT molecular complexity index is 750. The standard InChI is InChI=1S/C18H18N2O3/c1-12-6-4-5-7-14(12)16(11-19)20-18(21)15-9-8-13(22-2)10-17(15)23-3/h4-10,16H,1-3H3,(H,20,21)/t16-/m0/s1. The van der Waals surface area contributed by atoms with Crippen LogP contribution in [0.4, 0.5) is 0 Å². The van der Waals surface area contributed by atoms with Crippen molar-refractivity contribution in [2.24, 2.45) is 0 Å². The van der Waals surface area contributed by atoms with Gasteiger partial charge in [0.2, 0.25) is 0 Å². The molecular formula is C18H18N2O3. The van der Waals surface area contributed by atoms with Crippen molar-refractivity contribution in [2.45, 2.75) is 13.0 Å². The molecule has 118 valence electrons. The monoisotopic (exact) mass is 310 g/mol. The van der Waals surface area contributed by atoms with E-state index in [2.05, 4.69) is 11.4 Å². The van der Waals surface area contributed by atoms with Gasteiger partial charge in [-0.2, -0.15) is 5.26 Å². The largest absolute Gasteiger partial charge is 0.497 e. The Hall–Kier alpha value is -3.00. The van der Waals surface area contributed by atoms with Crippen molar-refractivity contribution in [3.63, 3.8) is 0 Å². The highest BCUT2D eigenvalue weighted by Gasteiger charge is 2.19. The van der Waals surface area contributed by atoms with Crippen LogP contribution in [0.25, 0.3) is 0 Å². The Labute approximate surface area is 135 Å². The highest BCUT2D eigenvalue weighted by molar-refractivity contribution is 5.97. The third kappa shape index (κ3) is 3.61. The number of nitriles is 1. The van der Waals surface area contributed by atoms with Gasteiger partial charge in [-0.25, -0.2) is 0 Å². The van der Waals surface area contributed by atoms with Crippen LogP contribution in [-0.4, -0.2) is 20.1 Å². The molecule has 5 nitrogen and oxygen atoms in total. The molecule has 23 heavy (non-hydrogen) atoms. The fraction of sp³-hybridized carbons (Fsp3) is 0.222. The van der Waals surface area contributed by atoms with E-state index in [1.165, 1.54) is 7.11 Å². The van der Waals surface area contributed by atoms with E-state index >= 15 is 0 Å². The number of hydrogen-bond donors (Lipinski definition) is 1. The van der Waals surface area contributed by atoms with Crippen LogP contribution in [0.15, 0.2) is 42.5 Å². The average Bonchev–Trinajstić information content (AvgIpc) is 2.59. The van der Waals surface area contributed by atoms with Gasteiger partial charge in [-0.1, -0.05) is 24.3 Å². The van der Waals surface area contributed by atoms with Crippen LogP contribution in [-0.2, 0) is 0 Å². The van der Waals surface area contributed by atoms with Crippen LogP contribution in [0.2, 0.25) is 0 Å². The third-order valence-electron chi connectivity index (χ3n) is 3.56. The number of benzene rings is 2. The number of aryl methyl sites for hydroxylation is 1. The third-order valence-corrected chi connectivity index (χ3v) is 3.56. The van der Waals surface area contributed by atoms with Gasteiger partial charge in [-0.05, 0) is 30.2 Å². The number of rotatable bonds is 5. The van der Waals surface area contributed by atoms with Crippen molar-refractivity contribution in [1.82, 2.24) is 5.32 Å². The summed E-state index contributed by atoms with van der Waals surface area (Å²) in [6.07, 6.45) is 0. The molecule has 2 aromatic carbocycles. The molecule has 0 fully saturated rings. The maximum atomic E-state index is 12.5. The fourth-order valence-electron chi connectivity index (χ4n) is 2.29. The van der Waals surface area contributed by atoms with E-state index in [1.807, 2.05) is 31.2 Å². The smallest absolute Gasteiger partial charge is 0.256 e. The van der Waals surface area contributed by atoms with E-state index in [-0.39, 0.29) is 5.91 Å². The molecular weight excluding hydrogens is 292 g/mol. The van der Waals surface area contributed by atoms with Gasteiger partial charge in [0.15, 0.2) is 0 Å². The van der Waals surface area contributed by atoms with Crippen LogP contribution in [0.5, 0.6) is 11.5 Å². The molecule has 1 amide bonds. The van der Waals surface area contributed by atoms with Crippen molar-refractivity contribution < 1.29 is 14.3 Å². The van der Waals surface area contributed by atoms with E-state index in [0.29, 0.717) is 17.1 Å². The minimum atomic E-state index is -0.726. The summed E-state index contributed by atoms with van der Waals surface area (Å²) in [7, 11) is 3.02. The lowest BCUT2D eigenvalue weighted by Gasteiger charge is -2.16. The van der Waals surface area contributed by atoms with Gasteiger partial charge in [0, 0.05) is 6.07 Å². The van der Waals surface area contributed by atoms with Crippen molar-refractivity contribution in [1.29, 1.82) is 5.26 Å². The number of carbonyl (C=O) groups excluding carboxylic acids is 1. The fourth-order valence-corrected chi connectivity index (χ4v) is 2.29. The average molecular weight is 310 g/mol. The van der Waals surface area contributed by atoms with E-state index in [1.54, 1.807) is 25.3 Å². The van der Waals surface area contributed by atoms with Gasteiger partial charge >= 0.3 is 0 Å². The first-order chi connectivity index (χ1) is 11.1. The minimum Gasteiger partial charge on any atom is -0.497 e. The second-order valence-corrected chi connectivity index (χ2v) is 4.96. The summed E-state index contributed by atoms with van der Waals surface area (Å²) in [5, 5.41) is 12.1. The number of nitrogens with zero attached hydrogens (tertiary/aromatic N) is 1. The Balaban J connectivity index is 2.27. The lowest BCUT2D eigenvalue weighted by atomic mass is 10.0. The molecule has 2 aromatic rings. The highest BCUT2D eigenvalue weighted by Crippen LogP contribution is 2.25. The van der Waals surface area contributed by atoms with Crippen LogP contribution < -0.4 is 14.8 Å². The molecule has 1 atom stereocenters. The van der Waals surface area contributed by atoms with Gasteiger partial charge in [0.25, 0.3) is 5.91 Å². The molecule has 0 aromatic heterocycles. The normalized spacial score (nSPS) is 11.2. The molecule has 5 heteroatoms. The Kier molecular flexibility index (Phi) is 5.21. The van der Waals surface area contributed by atoms with Crippen LogP contribution >= 0.6 is 0 Å². The molecule has 0 aliphatic heterocycles. The molecule has 0 heterocycles. The molecule has 1 N–H and O–H groups in total. The predicted molar refractivity (Wildman–Crippen MR) is 86.5 cm³/mol. The molecule has 2 rings (SSSR count). The molecule has 0 unspecified atom stereocenters. The Morgan fingerprint density at radius 2 is 1.91 bits per heavy atom. The summed E-state index contributed by atoms with van der Waals surface area (Å²) in [5.41, 5.74) is 2.07. The van der Waals surface area contributed by atoms with Gasteiger partial charge in [0.1, 0.15) is 17.5 Å². The van der Waals surface area contributed by atoms with Crippen molar-refractivity contribution in [3.8, 4) is 17.6 Å². The molecule has 0 bridgehead atoms. The molecule has 0 saturated heterocycles. The minimum absolute atomic E-state index is 0.349. The molecule has 0 aliphatic rings. The van der Waals surface area contributed by atoms with E-state index in [9.17, 15) is 10.1 Å². The Morgan fingerprint density at radius 3 is 2.52 bits per heavy atom. The second-order valence-electron chi connectivity index (χ2n) is 4.96. The SMILES string of the molecule is COc1ccc(C(=O)N[C@@H](C#N)c2ccccc2C)c(OC)c1. The quantitative estimate of drug-likeness (QED) is 0.921. The summed E-state index contributed by atoms with van der Waals surface area (Å²) >= 11 is 0. The zero-order chi connectivity index (χ0) is 16.8. The summed E-state index contributed by atoms with van der Waals surface area (Å²) in [6.45, 7) is 1.90. The van der Waals surface area contributed by atoms with Gasteiger partial charge in [-0.15, -0.1) is 0 Å². The number of ether oxygens (including phenoxy) is 2. The number of carbonyl (C=O) groups is 1. The second kappa shape index (κ2) is 7.32. The molecule has 0 saturated carbocycles. The van der Waals surface area contributed by atoms with Crippen LogP contribution in [0.3, 0.4) is 0 Å². The summed E-state index contributed by atoms with van der Waals surface area (Å²) in [4.78, 5) is 12.5. The molecule has 0 radical (unpaired) electrons. The maximum absolute atomic E-state index is 12.5. The number of amides is 1. The first kappa shape index (κ1) is 16.4. The van der Waals surface area contributed by atoms with E-state index in [4.69, 9.17) is 9.47 Å². The lowest BCUT2D eigenvalue weighted by Crippen LogP contribution is -2.28. The van der Waals surface area contributed by atoms with Gasteiger partial charge in [0.05, 0.1) is 25.9 Å². The lowest BCUT2D eigenvalue weighted by molar-refractivity contribution is 0.0942. The van der Waals surface area contributed by atoms with Gasteiger partial charge in [-0.3, -0.25) is 4.79 Å². The predicted octanol–water partition coefficient (Wildman–Crippen LogP) is 3.01. The first-order valence-corrected chi connectivity index (χ1v) is 7.08. The maximum Gasteiger partial charge on any atom is 0.256 e. The zero-order valence-corrected chi connectivity index (χ0v) is 13.3. The topological polar surface area (TPSA) is 71.3 Å². The highest BCUT2D eigenvalue weighted by atomic mass is 16.5. The van der Waals surface area contributed by atoms with Gasteiger partial charge < -0.3 is 14.8 Å². The first-order valence-electron chi connectivity index (χ1n) is 7.08. The number of methoxy groups -OCH3 is 2. The van der Waals surface area contributed by atoms with E-state index < -0.39 is 6.04 Å². The van der Waals surface area contributed by atoms with Crippen molar-refractivity contribution >= 4 is 5.91 Å². The van der Waals surface area contributed by atoms with Crippen LogP contribution in [0, 0.1) is 18.3 Å². The molecule has 0 aliphatic carbocycles. The zero-order valence-electron chi connectivity index (χ0n) is 13.3. The van der Waals surface area contributed by atoms with E-state index in [0.717, 1.165) is 11.1 Å². The molecule has 0 spiro atoms. The van der Waals surface area contributed by atoms with Crippen molar-refractivity contribution in [2.75, 3.05) is 14.2 Å². The summed E-state index contributed by atoms with van der Waals surface area (Å²) in [5.74, 6) is 0.608. The number of hydrogen-bond acceptors (Lipinski definition) is 4. The van der Waals surface area contributed by atoms with Crippen LogP contribution in [0.1, 0.15) is 27.5 Å².